The number of nitrogens with zero attached hydrogens (tertiary/aromatic N) is 1. The number of rotatable bonds is 5. The summed E-state index contributed by atoms with van der Waals surface area (Å²) in [5.41, 5.74) is 7.11. The maximum atomic E-state index is 12.6. The van der Waals surface area contributed by atoms with E-state index in [4.69, 9.17) is 28.9 Å². The van der Waals surface area contributed by atoms with Gasteiger partial charge in [-0.1, -0.05) is 35.3 Å². The summed E-state index contributed by atoms with van der Waals surface area (Å²) in [5.74, 6) is -1.42. The molecule has 3 aromatic rings. The average Bonchev–Trinajstić information content (AvgIpc) is 2.98. The fourth-order valence-electron chi connectivity index (χ4n) is 2.79. The smallest absolute Gasteiger partial charge is 0.256 e. The zero-order valence-corrected chi connectivity index (χ0v) is 17.4. The first-order valence-electron chi connectivity index (χ1n) is 8.17. The first kappa shape index (κ1) is 20.4. The molecule has 6 nitrogen and oxygen atoms in total. The van der Waals surface area contributed by atoms with Gasteiger partial charge in [0.15, 0.2) is 5.75 Å². The van der Waals surface area contributed by atoms with Gasteiger partial charge in [-0.25, -0.2) is 0 Å². The summed E-state index contributed by atoms with van der Waals surface area (Å²) in [7, 11) is 3.92. The third-order valence-corrected chi connectivity index (χ3v) is 5.94. The third kappa shape index (κ3) is 3.93. The molecule has 0 aliphatic heterocycles. The quantitative estimate of drug-likeness (QED) is 0.553. The summed E-state index contributed by atoms with van der Waals surface area (Å²) < 4.78 is 0.411. The zero-order chi connectivity index (χ0) is 20.6. The van der Waals surface area contributed by atoms with Crippen LogP contribution >= 0.6 is 34.5 Å². The summed E-state index contributed by atoms with van der Waals surface area (Å²) >= 11 is 13.1. The summed E-state index contributed by atoms with van der Waals surface area (Å²) in [6, 6.07) is 8.55. The predicted octanol–water partition coefficient (Wildman–Crippen LogP) is 4.33. The molecule has 0 atom stereocenters. The number of carbonyl (C=O) groups excluding carboxylic acids is 2. The lowest BCUT2D eigenvalue weighted by atomic mass is 10.1. The van der Waals surface area contributed by atoms with Crippen LogP contribution in [0.25, 0.3) is 10.1 Å². The van der Waals surface area contributed by atoms with Gasteiger partial charge in [-0.05, 0) is 37.9 Å². The molecule has 2 aromatic carbocycles. The number of amides is 2. The molecular weight excluding hydrogens is 421 g/mol. The number of hydrogen-bond acceptors (Lipinski definition) is 5. The van der Waals surface area contributed by atoms with E-state index in [0.717, 1.165) is 23.4 Å². The Morgan fingerprint density at radius 2 is 1.86 bits per heavy atom. The molecule has 2 amide bonds. The number of primary amides is 1. The van der Waals surface area contributed by atoms with E-state index in [1.54, 1.807) is 12.1 Å². The van der Waals surface area contributed by atoms with Crippen molar-refractivity contribution >= 4 is 61.4 Å². The second-order valence-electron chi connectivity index (χ2n) is 6.46. The largest absolute Gasteiger partial charge is 0.505 e. The van der Waals surface area contributed by atoms with Crippen LogP contribution in [0.2, 0.25) is 10.0 Å². The highest BCUT2D eigenvalue weighted by Crippen LogP contribution is 2.46. The first-order chi connectivity index (χ1) is 13.2. The molecule has 0 saturated carbocycles. The summed E-state index contributed by atoms with van der Waals surface area (Å²) in [6.45, 7) is 0.757. The number of nitrogens with one attached hydrogen (secondary N) is 1. The van der Waals surface area contributed by atoms with Crippen molar-refractivity contribution in [1.29, 1.82) is 0 Å². The number of aromatic hydroxyl groups is 1. The van der Waals surface area contributed by atoms with Crippen LogP contribution < -0.4 is 11.1 Å². The van der Waals surface area contributed by atoms with Crippen LogP contribution in [0.5, 0.6) is 5.75 Å². The highest BCUT2D eigenvalue weighted by atomic mass is 35.5. The van der Waals surface area contributed by atoms with E-state index in [1.165, 1.54) is 6.07 Å². The Labute approximate surface area is 175 Å². The molecule has 146 valence electrons. The van der Waals surface area contributed by atoms with E-state index in [2.05, 4.69) is 5.32 Å². The molecule has 0 spiro atoms. The van der Waals surface area contributed by atoms with Gasteiger partial charge in [-0.15, -0.1) is 11.3 Å². The first-order valence-corrected chi connectivity index (χ1v) is 9.74. The van der Waals surface area contributed by atoms with Gasteiger partial charge in [0.1, 0.15) is 10.0 Å². The molecule has 0 saturated heterocycles. The fraction of sp³-hybridized carbons (Fsp3) is 0.158. The van der Waals surface area contributed by atoms with Crippen LogP contribution in [-0.2, 0) is 6.54 Å². The van der Waals surface area contributed by atoms with Gasteiger partial charge in [0, 0.05) is 17.5 Å². The number of halogens is 2. The summed E-state index contributed by atoms with van der Waals surface area (Å²) in [5, 5.41) is 13.3. The van der Waals surface area contributed by atoms with Crippen molar-refractivity contribution in [3.63, 3.8) is 0 Å². The number of nitrogens with two attached hydrogens (primary N) is 1. The standard InChI is InChI=1S/C19H17Cl2N3O3S/c1-24(2)8-9-3-5-10(6-4-9)18(27)23-19-13(17(22)26)11-7-12(20)15(25)14(21)16(11)28-19/h3-7,25H,8H2,1-2H3,(H2,22,26)(H,23,27). The molecule has 0 bridgehead atoms. The zero-order valence-electron chi connectivity index (χ0n) is 15.0. The van der Waals surface area contributed by atoms with Crippen LogP contribution in [0.15, 0.2) is 30.3 Å². The van der Waals surface area contributed by atoms with Crippen LogP contribution in [0.4, 0.5) is 5.00 Å². The molecular formula is C19H17Cl2N3O3S. The lowest BCUT2D eigenvalue weighted by Gasteiger charge is -2.10. The maximum absolute atomic E-state index is 12.6. The van der Waals surface area contributed by atoms with Crippen molar-refractivity contribution in [2.24, 2.45) is 5.73 Å². The Balaban J connectivity index is 1.97. The van der Waals surface area contributed by atoms with E-state index in [1.807, 2.05) is 31.1 Å². The fourth-order valence-corrected chi connectivity index (χ4v) is 4.48. The monoisotopic (exact) mass is 437 g/mol. The summed E-state index contributed by atoms with van der Waals surface area (Å²) in [6.07, 6.45) is 0. The highest BCUT2D eigenvalue weighted by molar-refractivity contribution is 7.24. The van der Waals surface area contributed by atoms with Gasteiger partial charge >= 0.3 is 0 Å². The number of anilines is 1. The van der Waals surface area contributed by atoms with Crippen molar-refractivity contribution in [3.8, 4) is 5.75 Å². The molecule has 28 heavy (non-hydrogen) atoms. The number of thiophene rings is 1. The SMILES string of the molecule is CN(C)Cc1ccc(C(=O)Nc2sc3c(Cl)c(O)c(Cl)cc3c2C(N)=O)cc1. The average molecular weight is 438 g/mol. The molecule has 1 heterocycles. The van der Waals surface area contributed by atoms with Gasteiger partial charge in [0.2, 0.25) is 0 Å². The van der Waals surface area contributed by atoms with E-state index < -0.39 is 11.8 Å². The number of benzene rings is 2. The van der Waals surface area contributed by atoms with E-state index >= 15 is 0 Å². The lowest BCUT2D eigenvalue weighted by Crippen LogP contribution is -2.17. The van der Waals surface area contributed by atoms with Gasteiger partial charge < -0.3 is 21.1 Å². The molecule has 0 fully saturated rings. The van der Waals surface area contributed by atoms with Gasteiger partial charge in [-0.2, -0.15) is 0 Å². The molecule has 3 rings (SSSR count). The number of hydrogen-bond donors (Lipinski definition) is 3. The molecule has 4 N–H and O–H groups in total. The minimum Gasteiger partial charge on any atom is -0.505 e. The second kappa shape index (κ2) is 7.97. The van der Waals surface area contributed by atoms with E-state index in [9.17, 15) is 14.7 Å². The van der Waals surface area contributed by atoms with Crippen molar-refractivity contribution < 1.29 is 14.7 Å². The minimum atomic E-state index is -0.735. The van der Waals surface area contributed by atoms with E-state index in [0.29, 0.717) is 15.6 Å². The maximum Gasteiger partial charge on any atom is 0.256 e. The predicted molar refractivity (Wildman–Crippen MR) is 114 cm³/mol. The van der Waals surface area contributed by atoms with Gasteiger partial charge in [-0.3, -0.25) is 9.59 Å². The topological polar surface area (TPSA) is 95.7 Å². The summed E-state index contributed by atoms with van der Waals surface area (Å²) in [4.78, 5) is 26.7. The molecule has 0 radical (unpaired) electrons. The lowest BCUT2D eigenvalue weighted by molar-refractivity contribution is 0.100. The van der Waals surface area contributed by atoms with Crippen LogP contribution in [0, 0.1) is 0 Å². The van der Waals surface area contributed by atoms with Crippen LogP contribution in [-0.4, -0.2) is 35.9 Å². The number of carbonyl (C=O) groups is 2. The Bertz CT molecular complexity index is 1080. The van der Waals surface area contributed by atoms with Crippen molar-refractivity contribution in [2.75, 3.05) is 19.4 Å². The number of phenols is 1. The molecule has 9 heteroatoms. The van der Waals surface area contributed by atoms with E-state index in [-0.39, 0.29) is 26.4 Å². The molecule has 0 unspecified atom stereocenters. The van der Waals surface area contributed by atoms with Crippen molar-refractivity contribution in [1.82, 2.24) is 4.90 Å². The van der Waals surface area contributed by atoms with Gasteiger partial charge in [0.25, 0.3) is 11.8 Å². The van der Waals surface area contributed by atoms with Crippen LogP contribution in [0.3, 0.4) is 0 Å². The molecule has 0 aliphatic rings. The van der Waals surface area contributed by atoms with Crippen molar-refractivity contribution in [2.45, 2.75) is 6.54 Å². The Morgan fingerprint density at radius 3 is 2.43 bits per heavy atom. The molecule has 0 aliphatic carbocycles. The Morgan fingerprint density at radius 1 is 1.21 bits per heavy atom. The van der Waals surface area contributed by atoms with Gasteiger partial charge in [0.05, 0.1) is 15.3 Å². The number of fused-ring (bicyclic) bond motifs is 1. The number of phenolic OH excluding ortho intramolecular Hbond substituents is 1. The normalized spacial score (nSPS) is 11.2. The van der Waals surface area contributed by atoms with Crippen molar-refractivity contribution in [3.05, 3.63) is 57.1 Å². The molecule has 1 aromatic heterocycles. The Hall–Kier alpha value is -2.32. The third-order valence-electron chi connectivity index (χ3n) is 4.04. The second-order valence-corrected chi connectivity index (χ2v) is 8.26. The highest BCUT2D eigenvalue weighted by Gasteiger charge is 2.23. The Kier molecular flexibility index (Phi) is 5.81. The van der Waals surface area contributed by atoms with Crippen LogP contribution in [0.1, 0.15) is 26.3 Å². The minimum absolute atomic E-state index is 0.00328.